The highest BCUT2D eigenvalue weighted by Gasteiger charge is 2.27. The third-order valence-corrected chi connectivity index (χ3v) is 4.52. The Morgan fingerprint density at radius 3 is 2.64 bits per heavy atom. The maximum Gasteiger partial charge on any atom is 0.338 e. The lowest BCUT2D eigenvalue weighted by Crippen LogP contribution is -2.31. The second-order valence-electron chi connectivity index (χ2n) is 6.10. The number of esters is 1. The smallest absolute Gasteiger partial charge is 0.338 e. The number of hydrogen-bond donors (Lipinski definition) is 1. The van der Waals surface area contributed by atoms with E-state index in [4.69, 9.17) is 4.74 Å². The molecule has 1 atom stereocenters. The van der Waals surface area contributed by atoms with Gasteiger partial charge in [-0.15, -0.1) is 0 Å². The van der Waals surface area contributed by atoms with Crippen LogP contribution in [-0.4, -0.2) is 37.0 Å². The first kappa shape index (κ1) is 17.2. The topological polar surface area (TPSA) is 58.6 Å². The Morgan fingerprint density at radius 2 is 1.88 bits per heavy atom. The predicted molar refractivity (Wildman–Crippen MR) is 95.0 cm³/mol. The number of nitrogens with one attached hydrogen (secondary N) is 1. The first-order chi connectivity index (χ1) is 12.2. The van der Waals surface area contributed by atoms with Crippen LogP contribution in [0.1, 0.15) is 33.9 Å². The Balaban J connectivity index is 1.91. The predicted octanol–water partition coefficient (Wildman–Crippen LogP) is 2.54. The lowest BCUT2D eigenvalue weighted by Gasteiger charge is -2.30. The maximum atomic E-state index is 12.1. The molecule has 2 aromatic rings. The summed E-state index contributed by atoms with van der Waals surface area (Å²) < 4.78 is 4.90. The molecule has 25 heavy (non-hydrogen) atoms. The largest absolute Gasteiger partial charge is 0.465 e. The van der Waals surface area contributed by atoms with Crippen molar-refractivity contribution in [3.05, 3.63) is 71.3 Å². The standard InChI is InChI=1S/C20H22N2O3/c1-25-20(24)17-10-6-5-9-16(17)14-22-12-11-21-19(23)13-18(22)15-7-3-2-4-8-15/h2-10,18H,11-14H2,1H3,(H,21,23)/t18-/m0/s1. The molecule has 0 aliphatic carbocycles. The van der Waals surface area contributed by atoms with Crippen LogP contribution in [0.15, 0.2) is 54.6 Å². The van der Waals surface area contributed by atoms with Crippen molar-refractivity contribution >= 4 is 11.9 Å². The van der Waals surface area contributed by atoms with Crippen LogP contribution in [0.5, 0.6) is 0 Å². The summed E-state index contributed by atoms with van der Waals surface area (Å²) in [5.41, 5.74) is 2.58. The van der Waals surface area contributed by atoms with Crippen molar-refractivity contribution < 1.29 is 14.3 Å². The van der Waals surface area contributed by atoms with Gasteiger partial charge in [-0.25, -0.2) is 4.79 Å². The second kappa shape index (κ2) is 7.94. The van der Waals surface area contributed by atoms with Crippen LogP contribution in [0.25, 0.3) is 0 Å². The van der Waals surface area contributed by atoms with Gasteiger partial charge in [0.05, 0.1) is 12.7 Å². The molecule has 1 aliphatic heterocycles. The van der Waals surface area contributed by atoms with Crippen molar-refractivity contribution in [3.63, 3.8) is 0 Å². The van der Waals surface area contributed by atoms with Gasteiger partial charge in [-0.3, -0.25) is 9.69 Å². The molecule has 0 saturated carbocycles. The molecule has 0 bridgehead atoms. The molecule has 5 heteroatoms. The van der Waals surface area contributed by atoms with Crippen LogP contribution in [0.2, 0.25) is 0 Å². The number of benzene rings is 2. The maximum absolute atomic E-state index is 12.1. The number of amides is 1. The molecular formula is C20H22N2O3. The minimum atomic E-state index is -0.337. The summed E-state index contributed by atoms with van der Waals surface area (Å²) in [4.78, 5) is 26.4. The summed E-state index contributed by atoms with van der Waals surface area (Å²) in [6, 6.07) is 17.5. The van der Waals surface area contributed by atoms with Crippen LogP contribution < -0.4 is 5.32 Å². The van der Waals surface area contributed by atoms with Gasteiger partial charge in [-0.2, -0.15) is 0 Å². The average molecular weight is 338 g/mol. The molecule has 1 fully saturated rings. The van der Waals surface area contributed by atoms with Crippen molar-refractivity contribution in [1.82, 2.24) is 10.2 Å². The van der Waals surface area contributed by atoms with Crippen LogP contribution in [0.3, 0.4) is 0 Å². The molecule has 0 unspecified atom stereocenters. The molecule has 0 spiro atoms. The average Bonchev–Trinajstić information content (AvgIpc) is 2.83. The summed E-state index contributed by atoms with van der Waals surface area (Å²) in [5, 5.41) is 2.94. The number of rotatable bonds is 4. The molecule has 0 radical (unpaired) electrons. The number of ether oxygens (including phenoxy) is 1. The summed E-state index contributed by atoms with van der Waals surface area (Å²) in [6.45, 7) is 1.91. The van der Waals surface area contributed by atoms with E-state index in [1.54, 1.807) is 6.07 Å². The first-order valence-corrected chi connectivity index (χ1v) is 8.41. The molecule has 1 saturated heterocycles. The monoisotopic (exact) mass is 338 g/mol. The Labute approximate surface area is 147 Å². The van der Waals surface area contributed by atoms with Crippen molar-refractivity contribution in [2.45, 2.75) is 19.0 Å². The Kier molecular flexibility index (Phi) is 5.46. The van der Waals surface area contributed by atoms with Gasteiger partial charge in [0, 0.05) is 32.1 Å². The van der Waals surface area contributed by atoms with Gasteiger partial charge in [0.15, 0.2) is 0 Å². The number of nitrogens with zero attached hydrogens (tertiary/aromatic N) is 1. The number of hydrogen-bond acceptors (Lipinski definition) is 4. The summed E-state index contributed by atoms with van der Waals surface area (Å²) in [5.74, 6) is -0.284. The van der Waals surface area contributed by atoms with E-state index >= 15 is 0 Å². The third kappa shape index (κ3) is 4.06. The molecular weight excluding hydrogens is 316 g/mol. The van der Waals surface area contributed by atoms with E-state index in [1.807, 2.05) is 48.5 Å². The van der Waals surface area contributed by atoms with Crippen molar-refractivity contribution in [2.75, 3.05) is 20.2 Å². The zero-order valence-electron chi connectivity index (χ0n) is 14.3. The van der Waals surface area contributed by atoms with E-state index in [1.165, 1.54) is 7.11 Å². The highest BCUT2D eigenvalue weighted by molar-refractivity contribution is 5.91. The summed E-state index contributed by atoms with van der Waals surface area (Å²) in [6.07, 6.45) is 0.407. The Hall–Kier alpha value is -2.66. The van der Waals surface area contributed by atoms with Crippen molar-refractivity contribution in [1.29, 1.82) is 0 Å². The van der Waals surface area contributed by atoms with Crippen molar-refractivity contribution in [2.24, 2.45) is 0 Å². The number of carbonyl (C=O) groups is 2. The van der Waals surface area contributed by atoms with Gasteiger partial charge in [0.25, 0.3) is 0 Å². The fourth-order valence-corrected chi connectivity index (χ4v) is 3.25. The molecule has 1 aliphatic rings. The van der Waals surface area contributed by atoms with Gasteiger partial charge in [0.2, 0.25) is 5.91 Å². The van der Waals surface area contributed by atoms with E-state index in [-0.39, 0.29) is 17.9 Å². The van der Waals surface area contributed by atoms with Crippen LogP contribution in [-0.2, 0) is 16.1 Å². The quantitative estimate of drug-likeness (QED) is 0.871. The molecule has 2 aromatic carbocycles. The highest BCUT2D eigenvalue weighted by Crippen LogP contribution is 2.28. The second-order valence-corrected chi connectivity index (χ2v) is 6.10. The number of methoxy groups -OCH3 is 1. The SMILES string of the molecule is COC(=O)c1ccccc1CN1CCNC(=O)C[C@H]1c1ccccc1. The molecule has 5 nitrogen and oxygen atoms in total. The minimum absolute atomic E-state index is 0.0191. The van der Waals surface area contributed by atoms with Gasteiger partial charge in [-0.1, -0.05) is 48.5 Å². The zero-order chi connectivity index (χ0) is 17.6. The molecule has 1 N–H and O–H groups in total. The van der Waals surface area contributed by atoms with E-state index < -0.39 is 0 Å². The zero-order valence-corrected chi connectivity index (χ0v) is 14.3. The van der Waals surface area contributed by atoms with Crippen LogP contribution in [0, 0.1) is 0 Å². The highest BCUT2D eigenvalue weighted by atomic mass is 16.5. The fourth-order valence-electron chi connectivity index (χ4n) is 3.25. The van der Waals surface area contributed by atoms with E-state index in [9.17, 15) is 9.59 Å². The van der Waals surface area contributed by atoms with Gasteiger partial charge in [-0.05, 0) is 17.2 Å². The van der Waals surface area contributed by atoms with E-state index in [2.05, 4.69) is 10.2 Å². The van der Waals surface area contributed by atoms with E-state index in [0.717, 1.165) is 17.7 Å². The lowest BCUT2D eigenvalue weighted by atomic mass is 10.00. The first-order valence-electron chi connectivity index (χ1n) is 8.41. The lowest BCUT2D eigenvalue weighted by molar-refractivity contribution is -0.121. The molecule has 1 heterocycles. The van der Waals surface area contributed by atoms with Gasteiger partial charge in [0.1, 0.15) is 0 Å². The molecule has 0 aromatic heterocycles. The fraction of sp³-hybridized carbons (Fsp3) is 0.300. The van der Waals surface area contributed by atoms with Gasteiger partial charge >= 0.3 is 5.97 Å². The van der Waals surface area contributed by atoms with Crippen LogP contribution >= 0.6 is 0 Å². The summed E-state index contributed by atoms with van der Waals surface area (Å²) >= 11 is 0. The van der Waals surface area contributed by atoms with E-state index in [0.29, 0.717) is 25.1 Å². The minimum Gasteiger partial charge on any atom is -0.465 e. The van der Waals surface area contributed by atoms with Crippen LogP contribution in [0.4, 0.5) is 0 Å². The Bertz CT molecular complexity index is 746. The Morgan fingerprint density at radius 1 is 1.16 bits per heavy atom. The third-order valence-electron chi connectivity index (χ3n) is 4.52. The normalized spacial score (nSPS) is 18.3. The number of carbonyl (C=O) groups excluding carboxylic acids is 2. The van der Waals surface area contributed by atoms with Crippen molar-refractivity contribution in [3.8, 4) is 0 Å². The molecule has 3 rings (SSSR count). The molecule has 1 amide bonds. The molecule has 130 valence electrons. The summed E-state index contributed by atoms with van der Waals surface area (Å²) in [7, 11) is 1.39. The van der Waals surface area contributed by atoms with Gasteiger partial charge < -0.3 is 10.1 Å².